The summed E-state index contributed by atoms with van der Waals surface area (Å²) in [6.07, 6.45) is -9.64. The number of hydrogen-bond acceptors (Lipinski definition) is 6. The second-order valence-electron chi connectivity index (χ2n) is 9.90. The quantitative estimate of drug-likeness (QED) is 0.174. The Hall–Kier alpha value is -4.78. The first-order valence-corrected chi connectivity index (χ1v) is 14.6. The van der Waals surface area contributed by atoms with E-state index in [0.29, 0.717) is 37.8 Å². The van der Waals surface area contributed by atoms with Gasteiger partial charge in [0.25, 0.3) is 0 Å². The number of para-hydroxylation sites is 4. The molecular formula is C34H22Cl2F6N2O4. The number of ether oxygens (including phenoxy) is 3. The summed E-state index contributed by atoms with van der Waals surface area (Å²) in [6, 6.07) is 25.0. The molecule has 0 aliphatic carbocycles. The van der Waals surface area contributed by atoms with Crippen LogP contribution < -0.4 is 14.2 Å². The second-order valence-corrected chi connectivity index (χ2v) is 10.7. The Balaban J connectivity index is 0.000000188. The minimum absolute atomic E-state index is 0.126. The largest absolute Gasteiger partial charge is 0.573 e. The molecule has 6 nitrogen and oxygen atoms in total. The van der Waals surface area contributed by atoms with Crippen molar-refractivity contribution in [3.63, 3.8) is 0 Å². The predicted molar refractivity (Wildman–Crippen MR) is 170 cm³/mol. The highest BCUT2D eigenvalue weighted by molar-refractivity contribution is 6.35. The fourth-order valence-electron chi connectivity index (χ4n) is 4.80. The summed E-state index contributed by atoms with van der Waals surface area (Å²) in [5.41, 5.74) is 1.98. The van der Waals surface area contributed by atoms with Gasteiger partial charge in [0.2, 0.25) is 0 Å². The number of alkyl halides is 6. The van der Waals surface area contributed by atoms with Crippen LogP contribution in [0.4, 0.5) is 26.3 Å². The van der Waals surface area contributed by atoms with Gasteiger partial charge in [-0.2, -0.15) is 0 Å². The lowest BCUT2D eigenvalue weighted by atomic mass is 10.0. The molecule has 1 N–H and O–H groups in total. The molecule has 2 heterocycles. The Labute approximate surface area is 279 Å². The number of halogens is 8. The van der Waals surface area contributed by atoms with Gasteiger partial charge in [-0.25, -0.2) is 9.97 Å². The molecule has 48 heavy (non-hydrogen) atoms. The maximum absolute atomic E-state index is 12.6. The monoisotopic (exact) mass is 706 g/mol. The summed E-state index contributed by atoms with van der Waals surface area (Å²) in [4.78, 5) is 8.77. The number of aromatic nitrogens is 2. The van der Waals surface area contributed by atoms with Crippen LogP contribution in [0.1, 0.15) is 5.56 Å². The molecule has 6 aromatic rings. The summed E-state index contributed by atoms with van der Waals surface area (Å²) in [5, 5.41) is 11.8. The zero-order valence-corrected chi connectivity index (χ0v) is 26.0. The SMILES string of the molecule is COc1cc2cccc(Cl)c2nc1-c1ccccc1OC(F)(F)F.OCc1cc2cccc(Cl)c2nc1-c1ccccc1OC(F)(F)F. The molecule has 6 rings (SSSR count). The normalized spacial score (nSPS) is 11.6. The third-order valence-corrected chi connectivity index (χ3v) is 7.37. The standard InChI is InChI=1S/2C17H11ClF3NO2/c1-23-14-9-10-5-4-7-12(18)15(10)22-16(14)11-6-2-3-8-13(11)24-17(19,20)21;18-13-6-3-4-10-8-11(9-23)15(22-16(10)13)12-5-1-2-7-14(12)24-17(19,20)21/h2-9H,1H3;1-8,23H,9H2. The van der Waals surface area contributed by atoms with E-state index in [2.05, 4.69) is 19.4 Å². The van der Waals surface area contributed by atoms with Crippen molar-refractivity contribution in [2.24, 2.45) is 0 Å². The maximum atomic E-state index is 12.6. The van der Waals surface area contributed by atoms with Gasteiger partial charge in [0.05, 0.1) is 40.5 Å². The molecule has 0 saturated heterocycles. The van der Waals surface area contributed by atoms with Gasteiger partial charge >= 0.3 is 12.7 Å². The van der Waals surface area contributed by atoms with E-state index in [9.17, 15) is 31.4 Å². The first kappa shape index (κ1) is 34.6. The van der Waals surface area contributed by atoms with Gasteiger partial charge in [0.15, 0.2) is 0 Å². The van der Waals surface area contributed by atoms with Gasteiger partial charge in [-0.3, -0.25) is 0 Å². The highest BCUT2D eigenvalue weighted by Gasteiger charge is 2.33. The van der Waals surface area contributed by atoms with Crippen LogP contribution in [0.5, 0.6) is 17.2 Å². The fraction of sp³-hybridized carbons (Fsp3) is 0.118. The van der Waals surface area contributed by atoms with E-state index in [0.717, 1.165) is 5.39 Å². The van der Waals surface area contributed by atoms with Crippen molar-refractivity contribution in [2.75, 3.05) is 7.11 Å². The second kappa shape index (κ2) is 14.1. The number of methoxy groups -OCH3 is 1. The average Bonchev–Trinajstić information content (AvgIpc) is 3.03. The minimum Gasteiger partial charge on any atom is -0.494 e. The van der Waals surface area contributed by atoms with Gasteiger partial charge in [0, 0.05) is 27.5 Å². The molecule has 0 bridgehead atoms. The Morgan fingerprint density at radius 2 is 1.06 bits per heavy atom. The third kappa shape index (κ3) is 8.01. The molecule has 0 fully saturated rings. The van der Waals surface area contributed by atoms with Crippen LogP contribution in [-0.2, 0) is 6.61 Å². The van der Waals surface area contributed by atoms with Gasteiger partial charge in [-0.05, 0) is 48.5 Å². The zero-order chi connectivity index (χ0) is 34.6. The number of aliphatic hydroxyl groups is 1. The van der Waals surface area contributed by atoms with E-state index in [1.165, 1.54) is 43.5 Å². The Morgan fingerprint density at radius 1 is 0.604 bits per heavy atom. The third-order valence-electron chi connectivity index (χ3n) is 6.76. The van der Waals surface area contributed by atoms with Crippen LogP contribution in [0, 0.1) is 0 Å². The van der Waals surface area contributed by atoms with Crippen molar-refractivity contribution >= 4 is 45.0 Å². The molecule has 0 atom stereocenters. The summed E-state index contributed by atoms with van der Waals surface area (Å²) in [6.45, 7) is -0.384. The zero-order valence-electron chi connectivity index (χ0n) is 24.5. The van der Waals surface area contributed by atoms with Crippen LogP contribution in [0.15, 0.2) is 97.1 Å². The Morgan fingerprint density at radius 3 is 1.54 bits per heavy atom. The van der Waals surface area contributed by atoms with Crippen LogP contribution in [0.3, 0.4) is 0 Å². The van der Waals surface area contributed by atoms with Crippen LogP contribution in [-0.4, -0.2) is 34.9 Å². The van der Waals surface area contributed by atoms with E-state index >= 15 is 0 Å². The number of fused-ring (bicyclic) bond motifs is 2. The topological polar surface area (TPSA) is 73.7 Å². The summed E-state index contributed by atoms with van der Waals surface area (Å²) >= 11 is 12.3. The van der Waals surface area contributed by atoms with Gasteiger partial charge in [-0.1, -0.05) is 71.7 Å². The van der Waals surface area contributed by atoms with E-state index in [-0.39, 0.29) is 34.9 Å². The molecule has 0 amide bonds. The Bertz CT molecular complexity index is 1940. The van der Waals surface area contributed by atoms with Crippen LogP contribution in [0.25, 0.3) is 44.3 Å². The van der Waals surface area contributed by atoms with Crippen LogP contribution in [0.2, 0.25) is 10.0 Å². The van der Waals surface area contributed by atoms with Crippen molar-refractivity contribution in [3.05, 3.63) is 113 Å². The van der Waals surface area contributed by atoms with E-state index in [1.807, 2.05) is 0 Å². The molecule has 2 aromatic heterocycles. The predicted octanol–water partition coefficient (Wildman–Crippen LogP) is 10.4. The first-order valence-electron chi connectivity index (χ1n) is 13.8. The lowest BCUT2D eigenvalue weighted by Gasteiger charge is -2.15. The van der Waals surface area contributed by atoms with Gasteiger partial charge < -0.3 is 19.3 Å². The summed E-state index contributed by atoms with van der Waals surface area (Å²) < 4.78 is 89.3. The Kier molecular flexibility index (Phi) is 10.2. The number of nitrogens with zero attached hydrogens (tertiary/aromatic N) is 2. The van der Waals surface area contributed by atoms with E-state index < -0.39 is 18.5 Å². The minimum atomic E-state index is -4.83. The van der Waals surface area contributed by atoms with Gasteiger partial charge in [-0.15, -0.1) is 26.3 Å². The highest BCUT2D eigenvalue weighted by atomic mass is 35.5. The number of aliphatic hydroxyl groups excluding tert-OH is 1. The van der Waals surface area contributed by atoms with E-state index in [4.69, 9.17) is 27.9 Å². The molecule has 0 spiro atoms. The van der Waals surface area contributed by atoms with Crippen molar-refractivity contribution in [2.45, 2.75) is 19.3 Å². The van der Waals surface area contributed by atoms with Crippen molar-refractivity contribution in [3.8, 4) is 39.8 Å². The fourth-order valence-corrected chi connectivity index (χ4v) is 5.25. The molecule has 0 aliphatic rings. The molecular weight excluding hydrogens is 685 g/mol. The summed E-state index contributed by atoms with van der Waals surface area (Å²) in [7, 11) is 1.42. The van der Waals surface area contributed by atoms with Crippen molar-refractivity contribution in [1.82, 2.24) is 9.97 Å². The smallest absolute Gasteiger partial charge is 0.494 e. The average molecular weight is 707 g/mol. The number of hydrogen-bond donors (Lipinski definition) is 1. The van der Waals surface area contributed by atoms with Crippen LogP contribution >= 0.6 is 23.2 Å². The molecule has 0 saturated carbocycles. The number of rotatable bonds is 6. The maximum Gasteiger partial charge on any atom is 0.573 e. The molecule has 4 aromatic carbocycles. The first-order chi connectivity index (χ1) is 22.8. The summed E-state index contributed by atoms with van der Waals surface area (Å²) in [5.74, 6) is -0.427. The molecule has 0 radical (unpaired) electrons. The molecule has 0 aliphatic heterocycles. The van der Waals surface area contributed by atoms with Crippen molar-refractivity contribution < 1.29 is 45.7 Å². The molecule has 248 valence electrons. The lowest BCUT2D eigenvalue weighted by molar-refractivity contribution is -0.275. The number of benzene rings is 4. The van der Waals surface area contributed by atoms with Crippen molar-refractivity contribution in [1.29, 1.82) is 0 Å². The highest BCUT2D eigenvalue weighted by Crippen LogP contribution is 2.40. The van der Waals surface area contributed by atoms with Gasteiger partial charge in [0.1, 0.15) is 22.9 Å². The van der Waals surface area contributed by atoms with E-state index in [1.54, 1.807) is 60.7 Å². The number of pyridine rings is 2. The molecule has 14 heteroatoms. The lowest BCUT2D eigenvalue weighted by Crippen LogP contribution is -2.17. The molecule has 0 unspecified atom stereocenters.